The number of aliphatic hydroxyl groups is 1. The van der Waals surface area contributed by atoms with E-state index in [-0.39, 0.29) is 41.4 Å². The number of nitrogens with zero attached hydrogens (tertiary/aromatic N) is 3. The van der Waals surface area contributed by atoms with Crippen molar-refractivity contribution >= 4 is 15.7 Å². The number of pyridine rings is 2. The third-order valence-electron chi connectivity index (χ3n) is 8.09. The molecule has 0 aromatic carbocycles. The van der Waals surface area contributed by atoms with Crippen molar-refractivity contribution in [3.05, 3.63) is 53.1 Å². The van der Waals surface area contributed by atoms with Crippen LogP contribution in [-0.2, 0) is 16.4 Å². The van der Waals surface area contributed by atoms with E-state index in [1.54, 1.807) is 6.07 Å². The molecular formula is C28H37F3N4O4S. The Hall–Kier alpha value is -2.57. The second-order valence-corrected chi connectivity index (χ2v) is 13.5. The molecular weight excluding hydrogens is 545 g/mol. The summed E-state index contributed by atoms with van der Waals surface area (Å²) in [6, 6.07) is 3.83. The Kier molecular flexibility index (Phi) is 9.21. The molecule has 2 N–H and O–H groups in total. The maximum Gasteiger partial charge on any atom is 0.391 e. The first-order valence-corrected chi connectivity index (χ1v) is 15.4. The first kappa shape index (κ1) is 30.4. The van der Waals surface area contributed by atoms with Gasteiger partial charge >= 0.3 is 6.18 Å². The predicted octanol–water partition coefficient (Wildman–Crippen LogP) is 4.62. The Labute approximate surface area is 233 Å². The number of aliphatic hydroxyl groups excluding tert-OH is 1. The lowest BCUT2D eigenvalue weighted by Gasteiger charge is -2.35. The predicted molar refractivity (Wildman–Crippen MR) is 143 cm³/mol. The molecule has 2 aliphatic rings. The van der Waals surface area contributed by atoms with Crippen molar-refractivity contribution in [2.75, 3.05) is 18.9 Å². The van der Waals surface area contributed by atoms with Crippen LogP contribution in [0.15, 0.2) is 35.5 Å². The van der Waals surface area contributed by atoms with Crippen LogP contribution in [0.3, 0.4) is 0 Å². The van der Waals surface area contributed by atoms with Gasteiger partial charge in [0.25, 0.3) is 5.91 Å². The third-order valence-corrected chi connectivity index (χ3v) is 9.81. The van der Waals surface area contributed by atoms with Gasteiger partial charge in [0, 0.05) is 25.5 Å². The Morgan fingerprint density at radius 1 is 1.15 bits per heavy atom. The molecule has 8 nitrogen and oxygen atoms in total. The topological polar surface area (TPSA) is 112 Å². The number of alkyl halides is 3. The molecule has 40 heavy (non-hydrogen) atoms. The molecule has 2 aromatic rings. The zero-order chi connectivity index (χ0) is 29.2. The highest BCUT2D eigenvalue weighted by Crippen LogP contribution is 2.43. The van der Waals surface area contributed by atoms with Crippen LogP contribution in [0.5, 0.6) is 0 Å². The van der Waals surface area contributed by atoms with Gasteiger partial charge in [-0.1, -0.05) is 20.8 Å². The minimum Gasteiger partial charge on any atom is -0.394 e. The van der Waals surface area contributed by atoms with Crippen LogP contribution in [-0.4, -0.2) is 59.4 Å². The van der Waals surface area contributed by atoms with E-state index in [1.165, 1.54) is 31.5 Å². The summed E-state index contributed by atoms with van der Waals surface area (Å²) in [5, 5.41) is 12.6. The van der Waals surface area contributed by atoms with Gasteiger partial charge in [0.2, 0.25) is 0 Å². The summed E-state index contributed by atoms with van der Waals surface area (Å²) in [5.74, 6) is -1.30. The maximum absolute atomic E-state index is 13.1. The quantitative estimate of drug-likeness (QED) is 0.444. The zero-order valence-electron chi connectivity index (χ0n) is 23.0. The molecule has 1 aliphatic carbocycles. The molecule has 2 aromatic heterocycles. The van der Waals surface area contributed by atoms with Gasteiger partial charge in [0.1, 0.15) is 0 Å². The molecule has 3 heterocycles. The summed E-state index contributed by atoms with van der Waals surface area (Å²) < 4.78 is 63.4. The molecule has 0 spiro atoms. The molecule has 0 radical (unpaired) electrons. The number of sulfone groups is 1. The summed E-state index contributed by atoms with van der Waals surface area (Å²) in [5.41, 5.74) is 2.43. The smallest absolute Gasteiger partial charge is 0.391 e. The number of amides is 1. The summed E-state index contributed by atoms with van der Waals surface area (Å²) in [6.07, 6.45) is 0.0243. The van der Waals surface area contributed by atoms with Crippen LogP contribution in [0, 0.1) is 17.8 Å². The zero-order valence-corrected chi connectivity index (χ0v) is 23.8. The average molecular weight is 583 g/mol. The Bertz CT molecular complexity index is 1290. The van der Waals surface area contributed by atoms with Crippen molar-refractivity contribution in [3.8, 4) is 0 Å². The minimum atomic E-state index is -4.12. The fourth-order valence-corrected chi connectivity index (χ4v) is 6.67. The van der Waals surface area contributed by atoms with Crippen LogP contribution in [0.1, 0.15) is 85.8 Å². The lowest BCUT2D eigenvalue weighted by atomic mass is 9.81. The first-order valence-electron chi connectivity index (χ1n) is 13.7. The largest absolute Gasteiger partial charge is 0.394 e. The van der Waals surface area contributed by atoms with Crippen molar-refractivity contribution in [3.63, 3.8) is 0 Å². The number of aromatic nitrogens is 2. The fraction of sp³-hybridized carbons (Fsp3) is 0.607. The van der Waals surface area contributed by atoms with Gasteiger partial charge in [-0.3, -0.25) is 19.7 Å². The van der Waals surface area contributed by atoms with Crippen molar-refractivity contribution in [2.45, 2.75) is 76.2 Å². The molecule has 1 fully saturated rings. The van der Waals surface area contributed by atoms with Gasteiger partial charge in [-0.2, -0.15) is 13.2 Å². The van der Waals surface area contributed by atoms with Crippen LogP contribution >= 0.6 is 0 Å². The number of rotatable bonds is 9. The van der Waals surface area contributed by atoms with Gasteiger partial charge in [-0.15, -0.1) is 0 Å². The van der Waals surface area contributed by atoms with Gasteiger partial charge in [-0.05, 0) is 61.3 Å². The lowest BCUT2D eigenvalue weighted by Crippen LogP contribution is -2.35. The highest BCUT2D eigenvalue weighted by atomic mass is 32.2. The highest BCUT2D eigenvalue weighted by Gasteiger charge is 2.42. The second-order valence-electron chi connectivity index (χ2n) is 11.2. The summed E-state index contributed by atoms with van der Waals surface area (Å²) in [6.45, 7) is 6.53. The number of carbonyl (C=O) groups excluding carboxylic acids is 1. The molecule has 12 heteroatoms. The van der Waals surface area contributed by atoms with Gasteiger partial charge in [0.15, 0.2) is 9.84 Å². The number of halogens is 3. The molecule has 2 atom stereocenters. The van der Waals surface area contributed by atoms with E-state index in [9.17, 15) is 31.5 Å². The number of carbonyl (C=O) groups is 1. The third kappa shape index (κ3) is 6.66. The van der Waals surface area contributed by atoms with Crippen LogP contribution in [0.25, 0.3) is 0 Å². The fourth-order valence-electron chi connectivity index (χ4n) is 5.85. The SMILES string of the molecule is CCS(=O)(=O)c1ccc([C@H](CO)NC(=O)c2cnc3c(c2)CN(C[C@H]2CC[C@H](C(F)(F)F)CC2)C3C(C)C)nc1. The number of hydrogen-bond donors (Lipinski definition) is 2. The monoisotopic (exact) mass is 582 g/mol. The van der Waals surface area contributed by atoms with E-state index in [4.69, 9.17) is 0 Å². The van der Waals surface area contributed by atoms with Crippen molar-refractivity contribution in [1.29, 1.82) is 0 Å². The second kappa shape index (κ2) is 12.1. The highest BCUT2D eigenvalue weighted by molar-refractivity contribution is 7.91. The van der Waals surface area contributed by atoms with Crippen LogP contribution < -0.4 is 5.32 Å². The van der Waals surface area contributed by atoms with E-state index in [0.717, 1.165) is 11.3 Å². The molecule has 220 valence electrons. The summed E-state index contributed by atoms with van der Waals surface area (Å²) in [7, 11) is -3.42. The Morgan fingerprint density at radius 3 is 2.40 bits per heavy atom. The Morgan fingerprint density at radius 2 is 1.85 bits per heavy atom. The molecule has 0 saturated heterocycles. The van der Waals surface area contributed by atoms with Gasteiger partial charge in [0.05, 0.1) is 52.2 Å². The van der Waals surface area contributed by atoms with E-state index in [1.807, 2.05) is 0 Å². The molecule has 1 amide bonds. The van der Waals surface area contributed by atoms with Gasteiger partial charge < -0.3 is 10.4 Å². The molecule has 1 unspecified atom stereocenters. The van der Waals surface area contributed by atoms with E-state index >= 15 is 0 Å². The summed E-state index contributed by atoms with van der Waals surface area (Å²) >= 11 is 0. The average Bonchev–Trinajstić information content (AvgIpc) is 3.28. The number of fused-ring (bicyclic) bond motifs is 1. The van der Waals surface area contributed by atoms with E-state index in [0.29, 0.717) is 37.2 Å². The number of hydrogen-bond acceptors (Lipinski definition) is 7. The number of nitrogens with one attached hydrogen (secondary N) is 1. The van der Waals surface area contributed by atoms with Crippen LogP contribution in [0.2, 0.25) is 0 Å². The standard InChI is InChI=1S/C28H37F3N4O4S/c1-4-40(38,39)22-9-10-23(32-13-22)24(16-36)34-27(37)19-11-20-15-35(26(17(2)3)25(20)33-12-19)14-18-5-7-21(8-6-18)28(29,30)31/h9-13,17-18,21,24,26,36H,4-8,14-16H2,1-3H3,(H,34,37)/t18-,21-,24-,26?/m0/s1. The lowest BCUT2D eigenvalue weighted by molar-refractivity contribution is -0.184. The van der Waals surface area contributed by atoms with Crippen molar-refractivity contribution in [2.24, 2.45) is 17.8 Å². The molecule has 4 rings (SSSR count). The van der Waals surface area contributed by atoms with Crippen molar-refractivity contribution < 1.29 is 31.5 Å². The normalized spacial score (nSPS) is 22.8. The summed E-state index contributed by atoms with van der Waals surface area (Å²) in [4.78, 5) is 24.2. The Balaban J connectivity index is 1.44. The van der Waals surface area contributed by atoms with Crippen molar-refractivity contribution in [1.82, 2.24) is 20.2 Å². The molecule has 1 saturated carbocycles. The van der Waals surface area contributed by atoms with Crippen LogP contribution in [0.4, 0.5) is 13.2 Å². The van der Waals surface area contributed by atoms with Gasteiger partial charge in [-0.25, -0.2) is 8.42 Å². The van der Waals surface area contributed by atoms with E-state index in [2.05, 4.69) is 34.0 Å². The maximum atomic E-state index is 13.1. The molecule has 1 aliphatic heterocycles. The van der Waals surface area contributed by atoms with E-state index < -0.39 is 40.5 Å². The molecule has 0 bridgehead atoms. The minimum absolute atomic E-state index is 0.0137. The first-order chi connectivity index (χ1) is 18.8.